The van der Waals surface area contributed by atoms with Gasteiger partial charge in [-0.1, -0.05) is 30.3 Å². The molecule has 5 nitrogen and oxygen atoms in total. The summed E-state index contributed by atoms with van der Waals surface area (Å²) in [6, 6.07) is 20.1. The molecular formula is C25H26N2O3. The van der Waals surface area contributed by atoms with Gasteiger partial charge in [-0.25, -0.2) is 0 Å². The number of rotatable bonds is 5. The summed E-state index contributed by atoms with van der Waals surface area (Å²) in [5.41, 5.74) is 2.17. The molecule has 0 spiro atoms. The minimum atomic E-state index is 0.0456. The van der Waals surface area contributed by atoms with Gasteiger partial charge in [0.15, 0.2) is 0 Å². The number of benzene rings is 3. The van der Waals surface area contributed by atoms with Gasteiger partial charge in [-0.05, 0) is 47.4 Å². The summed E-state index contributed by atoms with van der Waals surface area (Å²) < 4.78 is 10.7. The Morgan fingerprint density at radius 2 is 1.53 bits per heavy atom. The van der Waals surface area contributed by atoms with Crippen molar-refractivity contribution in [1.82, 2.24) is 4.90 Å². The van der Waals surface area contributed by atoms with Crippen LogP contribution in [-0.4, -0.2) is 51.2 Å². The molecule has 154 valence electrons. The third kappa shape index (κ3) is 4.10. The molecule has 0 saturated carbocycles. The van der Waals surface area contributed by atoms with Crippen molar-refractivity contribution in [3.63, 3.8) is 0 Å². The molecule has 1 amide bonds. The van der Waals surface area contributed by atoms with E-state index in [2.05, 4.69) is 23.1 Å². The number of piperazine rings is 1. The van der Waals surface area contributed by atoms with Crippen LogP contribution in [0, 0.1) is 0 Å². The van der Waals surface area contributed by atoms with Crippen molar-refractivity contribution in [2.75, 3.05) is 45.3 Å². The Hall–Kier alpha value is -3.47. The molecule has 3 aromatic rings. The summed E-state index contributed by atoms with van der Waals surface area (Å²) in [4.78, 5) is 16.9. The first-order valence-electron chi connectivity index (χ1n) is 10.1. The van der Waals surface area contributed by atoms with Gasteiger partial charge in [0.1, 0.15) is 11.5 Å². The van der Waals surface area contributed by atoms with Gasteiger partial charge in [-0.3, -0.25) is 4.79 Å². The molecule has 0 aliphatic carbocycles. The lowest BCUT2D eigenvalue weighted by atomic mass is 10.0. The molecule has 30 heavy (non-hydrogen) atoms. The van der Waals surface area contributed by atoms with Gasteiger partial charge in [0, 0.05) is 43.3 Å². The quantitative estimate of drug-likeness (QED) is 0.600. The molecule has 1 fully saturated rings. The van der Waals surface area contributed by atoms with E-state index in [0.29, 0.717) is 13.1 Å². The van der Waals surface area contributed by atoms with Crippen LogP contribution in [0.15, 0.2) is 66.7 Å². The highest BCUT2D eigenvalue weighted by atomic mass is 16.5. The fourth-order valence-electron chi connectivity index (χ4n) is 3.86. The van der Waals surface area contributed by atoms with E-state index in [1.165, 1.54) is 0 Å². The molecule has 1 heterocycles. The van der Waals surface area contributed by atoms with Crippen LogP contribution in [0.25, 0.3) is 16.8 Å². The van der Waals surface area contributed by atoms with Crippen LogP contribution in [0.4, 0.5) is 5.69 Å². The zero-order valence-electron chi connectivity index (χ0n) is 17.4. The summed E-state index contributed by atoms with van der Waals surface area (Å²) in [5, 5.41) is 2.12. The summed E-state index contributed by atoms with van der Waals surface area (Å²) >= 11 is 0. The Morgan fingerprint density at radius 1 is 0.833 bits per heavy atom. The van der Waals surface area contributed by atoms with Crippen LogP contribution in [0.3, 0.4) is 0 Å². The molecule has 3 aromatic carbocycles. The minimum Gasteiger partial charge on any atom is -0.497 e. The zero-order chi connectivity index (χ0) is 20.9. The zero-order valence-corrected chi connectivity index (χ0v) is 17.4. The van der Waals surface area contributed by atoms with Crippen molar-refractivity contribution in [3.05, 3.63) is 72.3 Å². The molecule has 0 unspecified atom stereocenters. The van der Waals surface area contributed by atoms with Gasteiger partial charge in [0.2, 0.25) is 5.91 Å². The molecule has 0 N–H and O–H groups in total. The van der Waals surface area contributed by atoms with E-state index in [4.69, 9.17) is 9.47 Å². The first kappa shape index (κ1) is 19.8. The number of amides is 1. The predicted octanol–water partition coefficient (Wildman–Crippen LogP) is 4.22. The van der Waals surface area contributed by atoms with Gasteiger partial charge >= 0.3 is 0 Å². The van der Waals surface area contributed by atoms with Crippen molar-refractivity contribution < 1.29 is 14.3 Å². The summed E-state index contributed by atoms with van der Waals surface area (Å²) in [6.07, 6.45) is 3.58. The maximum Gasteiger partial charge on any atom is 0.246 e. The van der Waals surface area contributed by atoms with Crippen molar-refractivity contribution in [2.45, 2.75) is 0 Å². The topological polar surface area (TPSA) is 42.0 Å². The highest BCUT2D eigenvalue weighted by Gasteiger charge is 2.20. The normalized spacial score (nSPS) is 14.3. The molecule has 1 aliphatic rings. The van der Waals surface area contributed by atoms with Crippen LogP contribution in [0.5, 0.6) is 11.5 Å². The number of carbonyl (C=O) groups excluding carboxylic acids is 1. The highest BCUT2D eigenvalue weighted by molar-refractivity contribution is 5.98. The van der Waals surface area contributed by atoms with E-state index in [0.717, 1.165) is 46.6 Å². The lowest BCUT2D eigenvalue weighted by Gasteiger charge is -2.35. The van der Waals surface area contributed by atoms with E-state index in [9.17, 15) is 4.79 Å². The number of nitrogens with zero attached hydrogens (tertiary/aromatic N) is 2. The molecule has 1 saturated heterocycles. The average Bonchev–Trinajstić information content (AvgIpc) is 2.82. The number of anilines is 1. The Balaban J connectivity index is 1.41. The molecule has 4 rings (SSSR count). The van der Waals surface area contributed by atoms with Gasteiger partial charge in [-0.15, -0.1) is 0 Å². The fraction of sp³-hybridized carbons (Fsp3) is 0.240. The minimum absolute atomic E-state index is 0.0456. The van der Waals surface area contributed by atoms with Gasteiger partial charge in [0.05, 0.1) is 14.2 Å². The summed E-state index contributed by atoms with van der Waals surface area (Å²) in [5.74, 6) is 1.73. The maximum absolute atomic E-state index is 12.7. The Labute approximate surface area is 177 Å². The van der Waals surface area contributed by atoms with Gasteiger partial charge in [0.25, 0.3) is 0 Å². The van der Waals surface area contributed by atoms with Crippen molar-refractivity contribution in [2.24, 2.45) is 0 Å². The second-order valence-corrected chi connectivity index (χ2v) is 7.25. The number of hydrogen-bond acceptors (Lipinski definition) is 4. The number of carbonyl (C=O) groups is 1. The van der Waals surface area contributed by atoms with Crippen molar-refractivity contribution >= 4 is 28.4 Å². The molecule has 0 bridgehead atoms. The van der Waals surface area contributed by atoms with Crippen LogP contribution >= 0.6 is 0 Å². The van der Waals surface area contributed by atoms with Crippen LogP contribution in [0.2, 0.25) is 0 Å². The molecule has 5 heteroatoms. The van der Waals surface area contributed by atoms with E-state index < -0.39 is 0 Å². The van der Waals surface area contributed by atoms with E-state index >= 15 is 0 Å². The van der Waals surface area contributed by atoms with Crippen molar-refractivity contribution in [1.29, 1.82) is 0 Å². The molecular weight excluding hydrogens is 376 g/mol. The molecule has 0 atom stereocenters. The Morgan fingerprint density at radius 3 is 2.20 bits per heavy atom. The first-order chi connectivity index (χ1) is 14.7. The average molecular weight is 402 g/mol. The van der Waals surface area contributed by atoms with E-state index in [1.807, 2.05) is 53.4 Å². The molecule has 0 aromatic heterocycles. The largest absolute Gasteiger partial charge is 0.497 e. The third-order valence-electron chi connectivity index (χ3n) is 5.57. The lowest BCUT2D eigenvalue weighted by Crippen LogP contribution is -2.48. The third-order valence-corrected chi connectivity index (χ3v) is 5.57. The number of methoxy groups -OCH3 is 2. The van der Waals surface area contributed by atoms with E-state index in [-0.39, 0.29) is 5.91 Å². The summed E-state index contributed by atoms with van der Waals surface area (Å²) in [7, 11) is 3.34. The lowest BCUT2D eigenvalue weighted by molar-refractivity contribution is -0.126. The number of hydrogen-bond donors (Lipinski definition) is 0. The van der Waals surface area contributed by atoms with E-state index in [1.54, 1.807) is 20.3 Å². The first-order valence-corrected chi connectivity index (χ1v) is 10.1. The van der Waals surface area contributed by atoms with Crippen LogP contribution in [-0.2, 0) is 4.79 Å². The number of ether oxygens (including phenoxy) is 2. The van der Waals surface area contributed by atoms with Crippen molar-refractivity contribution in [3.8, 4) is 11.5 Å². The number of fused-ring (bicyclic) bond motifs is 1. The SMILES string of the molecule is COc1ccc(N2CCN(C(=O)C=Cc3ccc(OC)c4ccccc34)CC2)cc1. The second kappa shape index (κ2) is 8.91. The monoisotopic (exact) mass is 402 g/mol. The standard InChI is InChI=1S/C25H26N2O3/c1-29-21-11-9-20(10-12-21)26-15-17-27(18-16-26)25(28)14-8-19-7-13-24(30-2)23-6-4-3-5-22(19)23/h3-14H,15-18H2,1-2H3. The Kier molecular flexibility index (Phi) is 5.89. The predicted molar refractivity (Wildman–Crippen MR) is 121 cm³/mol. The highest BCUT2D eigenvalue weighted by Crippen LogP contribution is 2.29. The van der Waals surface area contributed by atoms with Crippen LogP contribution in [0.1, 0.15) is 5.56 Å². The second-order valence-electron chi connectivity index (χ2n) is 7.25. The Bertz CT molecular complexity index is 1050. The van der Waals surface area contributed by atoms with Gasteiger partial charge in [-0.2, -0.15) is 0 Å². The van der Waals surface area contributed by atoms with Crippen LogP contribution < -0.4 is 14.4 Å². The van der Waals surface area contributed by atoms with Gasteiger partial charge < -0.3 is 19.3 Å². The molecule has 0 radical (unpaired) electrons. The maximum atomic E-state index is 12.7. The molecule has 1 aliphatic heterocycles. The summed E-state index contributed by atoms with van der Waals surface area (Å²) in [6.45, 7) is 3.05. The fourth-order valence-corrected chi connectivity index (χ4v) is 3.86. The smallest absolute Gasteiger partial charge is 0.246 e.